The van der Waals surface area contributed by atoms with Gasteiger partial charge in [0.25, 0.3) is 11.6 Å². The van der Waals surface area contributed by atoms with Crippen LogP contribution in [0.15, 0.2) is 12.1 Å². The third-order valence-electron chi connectivity index (χ3n) is 3.40. The van der Waals surface area contributed by atoms with Crippen molar-refractivity contribution in [2.45, 2.75) is 33.6 Å². The van der Waals surface area contributed by atoms with E-state index in [1.807, 2.05) is 13.8 Å². The van der Waals surface area contributed by atoms with Gasteiger partial charge in [-0.1, -0.05) is 26.7 Å². The van der Waals surface area contributed by atoms with E-state index in [1.54, 1.807) is 0 Å². The number of nitrogens with zero attached hydrogens (tertiary/aromatic N) is 1. The molecule has 1 rings (SSSR count). The number of hydrogen-bond acceptors (Lipinski definition) is 3. The van der Waals surface area contributed by atoms with E-state index < -0.39 is 16.6 Å². The number of carbonyl (C=O) groups excluding carboxylic acids is 1. The number of nitrogens with one attached hydrogen (secondary N) is 1. The molecular formula is C14H19FN2O3. The lowest BCUT2D eigenvalue weighted by Crippen LogP contribution is -2.29. The number of aryl methyl sites for hydroxylation is 1. The summed E-state index contributed by atoms with van der Waals surface area (Å²) in [6, 6.07) is 2.09. The summed E-state index contributed by atoms with van der Waals surface area (Å²) in [5.74, 6) is -0.999. The zero-order valence-corrected chi connectivity index (χ0v) is 11.9. The van der Waals surface area contributed by atoms with Crippen molar-refractivity contribution < 1.29 is 14.1 Å². The second-order valence-electron chi connectivity index (χ2n) is 4.77. The van der Waals surface area contributed by atoms with Crippen molar-refractivity contribution in [3.63, 3.8) is 0 Å². The molecule has 0 heterocycles. The van der Waals surface area contributed by atoms with Gasteiger partial charge in [0, 0.05) is 18.7 Å². The molecule has 6 heteroatoms. The van der Waals surface area contributed by atoms with Crippen molar-refractivity contribution in [1.82, 2.24) is 5.32 Å². The highest BCUT2D eigenvalue weighted by atomic mass is 19.1. The maximum Gasteiger partial charge on any atom is 0.270 e. The molecule has 1 aromatic rings. The predicted molar refractivity (Wildman–Crippen MR) is 74.2 cm³/mol. The molecule has 1 amide bonds. The van der Waals surface area contributed by atoms with Crippen LogP contribution in [-0.2, 0) is 0 Å². The molecule has 0 bridgehead atoms. The number of hydrogen-bond donors (Lipinski definition) is 1. The van der Waals surface area contributed by atoms with Gasteiger partial charge in [-0.05, 0) is 18.4 Å². The molecule has 5 nitrogen and oxygen atoms in total. The minimum Gasteiger partial charge on any atom is -0.352 e. The molecule has 0 unspecified atom stereocenters. The summed E-state index contributed by atoms with van der Waals surface area (Å²) in [7, 11) is 0. The highest BCUT2D eigenvalue weighted by molar-refractivity contribution is 5.95. The number of rotatable bonds is 6. The summed E-state index contributed by atoms with van der Waals surface area (Å²) in [5, 5.41) is 13.4. The molecule has 110 valence electrons. The lowest BCUT2D eigenvalue weighted by atomic mass is 10.0. The Hall–Kier alpha value is -1.98. The molecule has 1 N–H and O–H groups in total. The van der Waals surface area contributed by atoms with Crippen LogP contribution in [0.25, 0.3) is 0 Å². The second kappa shape index (κ2) is 6.98. The number of carbonyl (C=O) groups is 1. The molecular weight excluding hydrogens is 263 g/mol. The number of nitro benzene ring substituents is 1. The van der Waals surface area contributed by atoms with Crippen molar-refractivity contribution in [3.8, 4) is 0 Å². The standard InChI is InChI=1S/C14H19FN2O3/c1-4-10(5-2)8-16-14(18)12-7-11(17(19)20)6-9(3)13(12)15/h6-7,10H,4-5,8H2,1-3H3,(H,16,18). The zero-order valence-electron chi connectivity index (χ0n) is 11.9. The molecule has 0 aromatic heterocycles. The normalized spacial score (nSPS) is 10.7. The molecule has 20 heavy (non-hydrogen) atoms. The quantitative estimate of drug-likeness (QED) is 0.643. The van der Waals surface area contributed by atoms with Gasteiger partial charge in [-0.15, -0.1) is 0 Å². The Bertz CT molecular complexity index is 513. The average Bonchev–Trinajstić information content (AvgIpc) is 2.42. The van der Waals surface area contributed by atoms with Gasteiger partial charge in [0.2, 0.25) is 0 Å². The van der Waals surface area contributed by atoms with Crippen LogP contribution in [0.4, 0.5) is 10.1 Å². The first-order chi connectivity index (χ1) is 9.40. The smallest absolute Gasteiger partial charge is 0.270 e. The van der Waals surface area contributed by atoms with Crippen LogP contribution in [0.1, 0.15) is 42.6 Å². The van der Waals surface area contributed by atoms with Crippen LogP contribution in [0.2, 0.25) is 0 Å². The van der Waals surface area contributed by atoms with E-state index in [0.717, 1.165) is 25.0 Å². The summed E-state index contributed by atoms with van der Waals surface area (Å²) in [5.41, 5.74) is -0.467. The van der Waals surface area contributed by atoms with Gasteiger partial charge >= 0.3 is 0 Å². The molecule has 0 aliphatic carbocycles. The Morgan fingerprint density at radius 2 is 2.00 bits per heavy atom. The molecule has 0 aliphatic heterocycles. The van der Waals surface area contributed by atoms with E-state index in [9.17, 15) is 19.3 Å². The van der Waals surface area contributed by atoms with Gasteiger partial charge in [-0.2, -0.15) is 0 Å². The average molecular weight is 282 g/mol. The van der Waals surface area contributed by atoms with Crippen molar-refractivity contribution in [3.05, 3.63) is 39.2 Å². The van der Waals surface area contributed by atoms with Crippen molar-refractivity contribution in [2.24, 2.45) is 5.92 Å². The summed E-state index contributed by atoms with van der Waals surface area (Å²) >= 11 is 0. The lowest BCUT2D eigenvalue weighted by molar-refractivity contribution is -0.385. The highest BCUT2D eigenvalue weighted by Gasteiger charge is 2.20. The van der Waals surface area contributed by atoms with E-state index in [0.29, 0.717) is 12.5 Å². The van der Waals surface area contributed by atoms with Crippen molar-refractivity contribution >= 4 is 11.6 Å². The highest BCUT2D eigenvalue weighted by Crippen LogP contribution is 2.21. The monoisotopic (exact) mass is 282 g/mol. The fourth-order valence-electron chi connectivity index (χ4n) is 1.93. The van der Waals surface area contributed by atoms with Crippen LogP contribution in [0.5, 0.6) is 0 Å². The van der Waals surface area contributed by atoms with Crippen LogP contribution in [-0.4, -0.2) is 17.4 Å². The Kier molecular flexibility index (Phi) is 5.61. The predicted octanol–water partition coefficient (Wildman–Crippen LogP) is 3.21. The molecule has 1 aromatic carbocycles. The fraction of sp³-hybridized carbons (Fsp3) is 0.500. The maximum absolute atomic E-state index is 13.9. The molecule has 0 spiro atoms. The van der Waals surface area contributed by atoms with E-state index in [-0.39, 0.29) is 16.8 Å². The van der Waals surface area contributed by atoms with Crippen LogP contribution in [0, 0.1) is 28.8 Å². The summed E-state index contributed by atoms with van der Waals surface area (Å²) < 4.78 is 13.9. The SMILES string of the molecule is CCC(CC)CNC(=O)c1cc([N+](=O)[O-])cc(C)c1F. The van der Waals surface area contributed by atoms with Crippen molar-refractivity contribution in [1.29, 1.82) is 0 Å². The van der Waals surface area contributed by atoms with Crippen molar-refractivity contribution in [2.75, 3.05) is 6.54 Å². The maximum atomic E-state index is 13.9. The first-order valence-electron chi connectivity index (χ1n) is 6.63. The van der Waals surface area contributed by atoms with E-state index in [1.165, 1.54) is 6.92 Å². The van der Waals surface area contributed by atoms with E-state index in [2.05, 4.69) is 5.32 Å². The lowest BCUT2D eigenvalue weighted by Gasteiger charge is -2.13. The van der Waals surface area contributed by atoms with Gasteiger partial charge in [-0.3, -0.25) is 14.9 Å². The number of amides is 1. The number of non-ortho nitro benzene ring substituents is 1. The minimum atomic E-state index is -0.711. The first kappa shape index (κ1) is 16.1. The van der Waals surface area contributed by atoms with E-state index in [4.69, 9.17) is 0 Å². The molecule has 0 fully saturated rings. The number of benzene rings is 1. The molecule has 0 radical (unpaired) electrons. The Morgan fingerprint density at radius 3 is 2.50 bits per heavy atom. The van der Waals surface area contributed by atoms with Gasteiger partial charge in [0.05, 0.1) is 10.5 Å². The van der Waals surface area contributed by atoms with E-state index >= 15 is 0 Å². The fourth-order valence-corrected chi connectivity index (χ4v) is 1.93. The summed E-state index contributed by atoms with van der Waals surface area (Å²) in [6.45, 7) is 5.86. The number of halogens is 1. The molecule has 0 saturated heterocycles. The zero-order chi connectivity index (χ0) is 15.3. The van der Waals surface area contributed by atoms with Crippen LogP contribution < -0.4 is 5.32 Å². The molecule has 0 atom stereocenters. The Labute approximate surface area is 117 Å². The third kappa shape index (κ3) is 3.76. The second-order valence-corrected chi connectivity index (χ2v) is 4.77. The van der Waals surface area contributed by atoms with Gasteiger partial charge in [0.1, 0.15) is 5.82 Å². The molecule has 0 saturated carbocycles. The topological polar surface area (TPSA) is 72.2 Å². The Morgan fingerprint density at radius 1 is 1.40 bits per heavy atom. The van der Waals surface area contributed by atoms with Gasteiger partial charge in [0.15, 0.2) is 0 Å². The third-order valence-corrected chi connectivity index (χ3v) is 3.40. The largest absolute Gasteiger partial charge is 0.352 e. The number of nitro groups is 1. The minimum absolute atomic E-state index is 0.0897. The van der Waals surface area contributed by atoms with Gasteiger partial charge in [-0.25, -0.2) is 4.39 Å². The van der Waals surface area contributed by atoms with Crippen LogP contribution >= 0.6 is 0 Å². The van der Waals surface area contributed by atoms with Crippen LogP contribution in [0.3, 0.4) is 0 Å². The molecule has 0 aliphatic rings. The first-order valence-corrected chi connectivity index (χ1v) is 6.63. The van der Waals surface area contributed by atoms with Gasteiger partial charge < -0.3 is 5.32 Å². The summed E-state index contributed by atoms with van der Waals surface area (Å²) in [4.78, 5) is 22.1. The Balaban J connectivity index is 2.95. The summed E-state index contributed by atoms with van der Waals surface area (Å²) in [6.07, 6.45) is 1.82.